The number of nitrogens with two attached hydrogens (primary N) is 1. The third kappa shape index (κ3) is 4.38. The maximum atomic E-state index is 13.1. The molecule has 6 nitrogen and oxygen atoms in total. The van der Waals surface area contributed by atoms with E-state index in [0.717, 1.165) is 23.5 Å². The van der Waals surface area contributed by atoms with Gasteiger partial charge in [0.15, 0.2) is 0 Å². The number of hydrogen-bond acceptors (Lipinski definition) is 5. The monoisotopic (exact) mass is 437 g/mol. The van der Waals surface area contributed by atoms with Gasteiger partial charge in [-0.15, -0.1) is 11.3 Å². The first-order valence-electron chi connectivity index (χ1n) is 8.91. The molecule has 0 saturated heterocycles. The van der Waals surface area contributed by atoms with Crippen molar-refractivity contribution < 1.29 is 27.5 Å². The van der Waals surface area contributed by atoms with Crippen LogP contribution in [0.25, 0.3) is 11.4 Å². The zero-order chi connectivity index (χ0) is 22.1. The molecule has 0 aliphatic heterocycles. The predicted molar refractivity (Wildman–Crippen MR) is 105 cm³/mol. The molecule has 0 aliphatic rings. The molecule has 1 aromatic carbocycles. The molecule has 0 atom stereocenters. The molecule has 0 aliphatic carbocycles. The summed E-state index contributed by atoms with van der Waals surface area (Å²) in [5, 5.41) is 1.76. The Morgan fingerprint density at radius 1 is 1.27 bits per heavy atom. The molecular formula is C20H18F3N3O3S. The van der Waals surface area contributed by atoms with E-state index in [1.165, 1.54) is 12.1 Å². The minimum absolute atomic E-state index is 0.0602. The van der Waals surface area contributed by atoms with Crippen molar-refractivity contribution in [3.8, 4) is 11.4 Å². The summed E-state index contributed by atoms with van der Waals surface area (Å²) in [6.07, 6.45) is -4.47. The Hall–Kier alpha value is -3.14. The van der Waals surface area contributed by atoms with Crippen molar-refractivity contribution in [3.63, 3.8) is 0 Å². The number of ether oxygens (including phenoxy) is 1. The van der Waals surface area contributed by atoms with Crippen LogP contribution in [0.15, 0.2) is 35.7 Å². The van der Waals surface area contributed by atoms with Crippen molar-refractivity contribution >= 4 is 23.2 Å². The van der Waals surface area contributed by atoms with Crippen LogP contribution in [0.3, 0.4) is 0 Å². The van der Waals surface area contributed by atoms with Gasteiger partial charge in [0, 0.05) is 17.6 Å². The average molecular weight is 437 g/mol. The number of nitrogens with zero attached hydrogens (tertiary/aromatic N) is 2. The highest BCUT2D eigenvalue weighted by Gasteiger charge is 2.30. The summed E-state index contributed by atoms with van der Waals surface area (Å²) < 4.78 is 45.8. The van der Waals surface area contributed by atoms with Gasteiger partial charge in [-0.05, 0) is 37.6 Å². The van der Waals surface area contributed by atoms with E-state index < -0.39 is 23.6 Å². The van der Waals surface area contributed by atoms with Crippen LogP contribution in [0.1, 0.15) is 43.9 Å². The SMILES string of the molecule is CCOC(=O)c1nc(-c2cc(C(N)=O)c(C)n2Cc2cccc(C(F)(F)F)c2)cs1. The van der Waals surface area contributed by atoms with Gasteiger partial charge < -0.3 is 15.0 Å². The molecule has 3 aromatic rings. The van der Waals surface area contributed by atoms with E-state index in [0.29, 0.717) is 22.6 Å². The number of halogens is 3. The fourth-order valence-corrected chi connectivity index (χ4v) is 3.72. The number of thiazole rings is 1. The van der Waals surface area contributed by atoms with Crippen molar-refractivity contribution in [2.75, 3.05) is 6.61 Å². The van der Waals surface area contributed by atoms with E-state index >= 15 is 0 Å². The van der Waals surface area contributed by atoms with Crippen molar-refractivity contribution in [2.24, 2.45) is 5.73 Å². The summed E-state index contributed by atoms with van der Waals surface area (Å²) in [6, 6.07) is 6.46. The number of hydrogen-bond donors (Lipinski definition) is 1. The quantitative estimate of drug-likeness (QED) is 0.584. The van der Waals surface area contributed by atoms with E-state index in [2.05, 4.69) is 4.98 Å². The third-order valence-corrected chi connectivity index (χ3v) is 5.27. The van der Waals surface area contributed by atoms with Gasteiger partial charge in [-0.25, -0.2) is 9.78 Å². The van der Waals surface area contributed by atoms with Crippen molar-refractivity contribution in [1.82, 2.24) is 9.55 Å². The lowest BCUT2D eigenvalue weighted by molar-refractivity contribution is -0.137. The van der Waals surface area contributed by atoms with Crippen molar-refractivity contribution in [2.45, 2.75) is 26.6 Å². The summed E-state index contributed by atoms with van der Waals surface area (Å²) in [4.78, 5) is 28.0. The largest absolute Gasteiger partial charge is 0.461 e. The third-order valence-electron chi connectivity index (χ3n) is 4.44. The van der Waals surface area contributed by atoms with Gasteiger partial charge in [-0.2, -0.15) is 13.2 Å². The molecule has 0 bridgehead atoms. The lowest BCUT2D eigenvalue weighted by Crippen LogP contribution is -2.13. The zero-order valence-electron chi connectivity index (χ0n) is 16.1. The van der Waals surface area contributed by atoms with Crippen molar-refractivity contribution in [1.29, 1.82) is 0 Å². The minimum Gasteiger partial charge on any atom is -0.461 e. The van der Waals surface area contributed by atoms with Crippen LogP contribution in [-0.2, 0) is 17.5 Å². The van der Waals surface area contributed by atoms with Crippen LogP contribution >= 0.6 is 11.3 Å². The molecule has 0 spiro atoms. The number of esters is 1. The fourth-order valence-electron chi connectivity index (χ4n) is 3.02. The Labute approximate surface area is 174 Å². The first-order valence-corrected chi connectivity index (χ1v) is 9.78. The standard InChI is InChI=1S/C20H18F3N3O3S/c1-3-29-19(28)18-25-15(10-30-18)16-8-14(17(24)27)11(2)26(16)9-12-5-4-6-13(7-12)20(21,22)23/h4-8,10H,3,9H2,1-2H3,(H2,24,27). The molecular weight excluding hydrogens is 419 g/mol. The number of rotatable bonds is 6. The summed E-state index contributed by atoms with van der Waals surface area (Å²) >= 11 is 1.07. The van der Waals surface area contributed by atoms with Gasteiger partial charge in [0.25, 0.3) is 5.91 Å². The number of benzene rings is 1. The first-order chi connectivity index (χ1) is 14.1. The van der Waals surface area contributed by atoms with Gasteiger partial charge in [-0.1, -0.05) is 12.1 Å². The molecule has 0 unspecified atom stereocenters. The summed E-state index contributed by atoms with van der Waals surface area (Å²) in [6.45, 7) is 3.58. The Bertz CT molecular complexity index is 1100. The Morgan fingerprint density at radius 2 is 2.00 bits per heavy atom. The zero-order valence-corrected chi connectivity index (χ0v) is 16.9. The maximum Gasteiger partial charge on any atom is 0.416 e. The molecule has 1 amide bonds. The lowest BCUT2D eigenvalue weighted by atomic mass is 10.1. The maximum absolute atomic E-state index is 13.1. The van der Waals surface area contributed by atoms with Crippen LogP contribution < -0.4 is 5.73 Å². The smallest absolute Gasteiger partial charge is 0.416 e. The molecule has 10 heteroatoms. The Kier molecular flexibility index (Phi) is 5.97. The van der Waals surface area contributed by atoms with Gasteiger partial charge in [0.1, 0.15) is 0 Å². The summed E-state index contributed by atoms with van der Waals surface area (Å²) in [5.41, 5.74) is 6.64. The number of aromatic nitrogens is 2. The van der Waals surface area contributed by atoms with E-state index in [1.54, 1.807) is 29.9 Å². The van der Waals surface area contributed by atoms with Crippen LogP contribution in [0, 0.1) is 6.92 Å². The predicted octanol–water partition coefficient (Wildman–Crippen LogP) is 4.26. The highest BCUT2D eigenvalue weighted by atomic mass is 32.1. The molecule has 3 rings (SSSR count). The molecule has 158 valence electrons. The summed E-state index contributed by atoms with van der Waals surface area (Å²) in [5.74, 6) is -1.24. The Balaban J connectivity index is 2.05. The number of amides is 1. The van der Waals surface area contributed by atoms with E-state index in [1.807, 2.05) is 0 Å². The minimum atomic E-state index is -4.47. The lowest BCUT2D eigenvalue weighted by Gasteiger charge is -2.13. The summed E-state index contributed by atoms with van der Waals surface area (Å²) in [7, 11) is 0. The molecule has 30 heavy (non-hydrogen) atoms. The molecule has 2 N–H and O–H groups in total. The number of primary amides is 1. The Morgan fingerprint density at radius 3 is 2.63 bits per heavy atom. The molecule has 0 fully saturated rings. The van der Waals surface area contributed by atoms with Gasteiger partial charge >= 0.3 is 12.1 Å². The molecule has 0 saturated carbocycles. The van der Waals surface area contributed by atoms with Gasteiger partial charge in [0.05, 0.1) is 29.1 Å². The van der Waals surface area contributed by atoms with Crippen LogP contribution in [-0.4, -0.2) is 28.0 Å². The van der Waals surface area contributed by atoms with E-state index in [9.17, 15) is 22.8 Å². The van der Waals surface area contributed by atoms with Gasteiger partial charge in [-0.3, -0.25) is 4.79 Å². The average Bonchev–Trinajstić information content (AvgIpc) is 3.27. The number of carbonyl (C=O) groups excluding carboxylic acids is 2. The second-order valence-corrected chi connectivity index (χ2v) is 7.29. The molecule has 2 aromatic heterocycles. The van der Waals surface area contributed by atoms with E-state index in [-0.39, 0.29) is 23.7 Å². The molecule has 2 heterocycles. The first kappa shape index (κ1) is 21.6. The van der Waals surface area contributed by atoms with Crippen molar-refractivity contribution in [3.05, 3.63) is 63.1 Å². The second kappa shape index (κ2) is 8.31. The highest BCUT2D eigenvalue weighted by Crippen LogP contribution is 2.31. The normalized spacial score (nSPS) is 11.5. The van der Waals surface area contributed by atoms with Crippen LogP contribution in [0.5, 0.6) is 0 Å². The topological polar surface area (TPSA) is 87.2 Å². The van der Waals surface area contributed by atoms with Crippen LogP contribution in [0.2, 0.25) is 0 Å². The fraction of sp³-hybridized carbons (Fsp3) is 0.250. The highest BCUT2D eigenvalue weighted by molar-refractivity contribution is 7.11. The van der Waals surface area contributed by atoms with Crippen LogP contribution in [0.4, 0.5) is 13.2 Å². The van der Waals surface area contributed by atoms with Gasteiger partial charge in [0.2, 0.25) is 5.01 Å². The van der Waals surface area contributed by atoms with E-state index in [4.69, 9.17) is 10.5 Å². The number of alkyl halides is 3. The molecule has 0 radical (unpaired) electrons. The number of carbonyl (C=O) groups is 2. The second-order valence-electron chi connectivity index (χ2n) is 6.44.